The molecular formula is C26H29N3O5S. The molecule has 0 spiro atoms. The monoisotopic (exact) mass is 495 g/mol. The van der Waals surface area contributed by atoms with Crippen LogP contribution < -0.4 is 15.0 Å². The van der Waals surface area contributed by atoms with E-state index >= 15 is 0 Å². The zero-order chi connectivity index (χ0) is 24.8. The lowest BCUT2D eigenvalue weighted by atomic mass is 10.2. The second kappa shape index (κ2) is 11.4. The van der Waals surface area contributed by atoms with Gasteiger partial charge in [0.25, 0.3) is 11.1 Å². The van der Waals surface area contributed by atoms with Gasteiger partial charge in [-0.3, -0.25) is 19.3 Å². The van der Waals surface area contributed by atoms with E-state index in [0.717, 1.165) is 53.2 Å². The Morgan fingerprint density at radius 1 is 1.11 bits per heavy atom. The second-order valence-electron chi connectivity index (χ2n) is 8.37. The highest BCUT2D eigenvalue weighted by molar-refractivity contribution is 8.18. The Morgan fingerprint density at radius 2 is 1.80 bits per heavy atom. The maximum atomic E-state index is 12.8. The zero-order valence-electron chi connectivity index (χ0n) is 19.9. The van der Waals surface area contributed by atoms with Crippen molar-refractivity contribution in [2.24, 2.45) is 0 Å². The molecule has 0 radical (unpaired) electrons. The van der Waals surface area contributed by atoms with Crippen molar-refractivity contribution in [1.29, 1.82) is 0 Å². The highest BCUT2D eigenvalue weighted by Crippen LogP contribution is 2.32. The summed E-state index contributed by atoms with van der Waals surface area (Å²) < 4.78 is 11.1. The van der Waals surface area contributed by atoms with Crippen molar-refractivity contribution in [2.45, 2.75) is 26.4 Å². The molecule has 0 aromatic heterocycles. The molecule has 0 bridgehead atoms. The Bertz CT molecular complexity index is 1090. The number of nitrogens with one attached hydrogen (secondary N) is 1. The summed E-state index contributed by atoms with van der Waals surface area (Å²) >= 11 is 0.833. The van der Waals surface area contributed by atoms with E-state index in [2.05, 4.69) is 17.1 Å². The van der Waals surface area contributed by atoms with Gasteiger partial charge in [-0.2, -0.15) is 0 Å². The number of amides is 3. The van der Waals surface area contributed by atoms with E-state index in [1.165, 1.54) is 0 Å². The van der Waals surface area contributed by atoms with Gasteiger partial charge in [-0.1, -0.05) is 19.1 Å². The Labute approximate surface area is 209 Å². The first-order chi connectivity index (χ1) is 16.9. The molecule has 2 aliphatic heterocycles. The van der Waals surface area contributed by atoms with Gasteiger partial charge in [0.1, 0.15) is 12.3 Å². The molecule has 2 aliphatic rings. The molecule has 2 aromatic carbocycles. The minimum Gasteiger partial charge on any atom is -0.491 e. The third-order valence-electron chi connectivity index (χ3n) is 5.79. The fraction of sp³-hybridized carbons (Fsp3) is 0.346. The lowest BCUT2D eigenvalue weighted by molar-refractivity contribution is -0.127. The van der Waals surface area contributed by atoms with Crippen LogP contribution in [0.1, 0.15) is 25.8 Å². The number of nitrogens with zero attached hydrogens (tertiary/aromatic N) is 2. The van der Waals surface area contributed by atoms with Crippen LogP contribution in [0.2, 0.25) is 0 Å². The number of morpholine rings is 1. The molecule has 2 fully saturated rings. The first-order valence-corrected chi connectivity index (χ1v) is 12.5. The summed E-state index contributed by atoms with van der Waals surface area (Å²) in [5.41, 5.74) is 2.44. The summed E-state index contributed by atoms with van der Waals surface area (Å²) in [4.78, 5) is 41.2. The SMILES string of the molecule is CC[C@H](C)Oc1ccc(/C=C2\SC(=O)N(CC(=O)Nc3ccc(N4CCOCC4)cc3)C2=O)cc1. The Kier molecular flexibility index (Phi) is 8.09. The summed E-state index contributed by atoms with van der Waals surface area (Å²) in [5, 5.41) is 2.30. The molecule has 2 saturated heterocycles. The minimum atomic E-state index is -0.474. The normalized spacial score (nSPS) is 18.2. The Balaban J connectivity index is 1.33. The predicted octanol–water partition coefficient (Wildman–Crippen LogP) is 4.38. The number of hydrogen-bond acceptors (Lipinski definition) is 7. The molecule has 35 heavy (non-hydrogen) atoms. The van der Waals surface area contributed by atoms with Crippen molar-refractivity contribution < 1.29 is 23.9 Å². The predicted molar refractivity (Wildman–Crippen MR) is 138 cm³/mol. The van der Waals surface area contributed by atoms with E-state index in [1.54, 1.807) is 6.08 Å². The van der Waals surface area contributed by atoms with Gasteiger partial charge in [-0.25, -0.2) is 0 Å². The van der Waals surface area contributed by atoms with Crippen molar-refractivity contribution in [1.82, 2.24) is 4.90 Å². The number of thioether (sulfide) groups is 1. The summed E-state index contributed by atoms with van der Waals surface area (Å²) in [6, 6.07) is 14.8. The average Bonchev–Trinajstić information content (AvgIpc) is 3.13. The number of anilines is 2. The summed E-state index contributed by atoms with van der Waals surface area (Å²) in [6.07, 6.45) is 2.67. The summed E-state index contributed by atoms with van der Waals surface area (Å²) in [6.45, 7) is 6.77. The first kappa shape index (κ1) is 24.8. The number of ether oxygens (including phenoxy) is 2. The third-order valence-corrected chi connectivity index (χ3v) is 6.70. The van der Waals surface area contributed by atoms with Gasteiger partial charge in [0, 0.05) is 24.5 Å². The summed E-state index contributed by atoms with van der Waals surface area (Å²) in [7, 11) is 0. The smallest absolute Gasteiger partial charge is 0.294 e. The largest absolute Gasteiger partial charge is 0.491 e. The highest BCUT2D eigenvalue weighted by atomic mass is 32.2. The molecule has 8 nitrogen and oxygen atoms in total. The number of imide groups is 1. The molecular weight excluding hydrogens is 466 g/mol. The maximum Gasteiger partial charge on any atom is 0.294 e. The van der Waals surface area contributed by atoms with Gasteiger partial charge < -0.3 is 19.7 Å². The van der Waals surface area contributed by atoms with Gasteiger partial charge in [-0.15, -0.1) is 0 Å². The van der Waals surface area contributed by atoms with Crippen LogP contribution in [0.4, 0.5) is 16.2 Å². The maximum absolute atomic E-state index is 12.8. The fourth-order valence-electron chi connectivity index (χ4n) is 3.67. The molecule has 2 aromatic rings. The number of benzene rings is 2. The minimum absolute atomic E-state index is 0.117. The molecule has 184 valence electrons. The Morgan fingerprint density at radius 3 is 2.46 bits per heavy atom. The molecule has 0 unspecified atom stereocenters. The topological polar surface area (TPSA) is 88.2 Å². The van der Waals surface area contributed by atoms with Crippen LogP contribution in [0.25, 0.3) is 6.08 Å². The number of hydrogen-bond donors (Lipinski definition) is 1. The second-order valence-corrected chi connectivity index (χ2v) is 9.36. The van der Waals surface area contributed by atoms with E-state index in [4.69, 9.17) is 9.47 Å². The van der Waals surface area contributed by atoms with Crippen LogP contribution in [-0.2, 0) is 14.3 Å². The van der Waals surface area contributed by atoms with Gasteiger partial charge >= 0.3 is 0 Å². The third kappa shape index (κ3) is 6.43. The van der Waals surface area contributed by atoms with Crippen LogP contribution in [0.15, 0.2) is 53.4 Å². The van der Waals surface area contributed by atoms with Crippen molar-refractivity contribution in [3.8, 4) is 5.75 Å². The van der Waals surface area contributed by atoms with Crippen LogP contribution in [0.3, 0.4) is 0 Å². The van der Waals surface area contributed by atoms with Crippen LogP contribution in [0, 0.1) is 0 Å². The van der Waals surface area contributed by atoms with Crippen LogP contribution in [-0.4, -0.2) is 60.9 Å². The van der Waals surface area contributed by atoms with Gasteiger partial charge in [-0.05, 0) is 73.1 Å². The van der Waals surface area contributed by atoms with Gasteiger partial charge in [0.2, 0.25) is 5.91 Å². The molecule has 1 atom stereocenters. The molecule has 1 N–H and O–H groups in total. The van der Waals surface area contributed by atoms with E-state index in [1.807, 2.05) is 55.5 Å². The van der Waals surface area contributed by atoms with Crippen LogP contribution in [0.5, 0.6) is 5.75 Å². The van der Waals surface area contributed by atoms with E-state index < -0.39 is 17.1 Å². The molecule has 4 rings (SSSR count). The average molecular weight is 496 g/mol. The zero-order valence-corrected chi connectivity index (χ0v) is 20.7. The van der Waals surface area contributed by atoms with E-state index in [0.29, 0.717) is 18.9 Å². The lowest BCUT2D eigenvalue weighted by Gasteiger charge is -2.28. The van der Waals surface area contributed by atoms with E-state index in [-0.39, 0.29) is 17.6 Å². The standard InChI is InChI=1S/C26H29N3O5S/c1-3-18(2)34-22-10-4-19(5-11-22)16-23-25(31)29(26(32)35-23)17-24(30)27-20-6-8-21(9-7-20)28-12-14-33-15-13-28/h4-11,16,18H,3,12-15,17H2,1-2H3,(H,27,30)/b23-16-/t18-/m0/s1. The molecule has 3 amide bonds. The van der Waals surface area contributed by atoms with Crippen molar-refractivity contribution in [3.05, 3.63) is 59.0 Å². The summed E-state index contributed by atoms with van der Waals surface area (Å²) in [5.74, 6) is -0.156. The fourth-order valence-corrected chi connectivity index (χ4v) is 4.51. The Hall–Kier alpha value is -3.30. The van der Waals surface area contributed by atoms with Gasteiger partial charge in [0.05, 0.1) is 24.2 Å². The first-order valence-electron chi connectivity index (χ1n) is 11.7. The lowest BCUT2D eigenvalue weighted by Crippen LogP contribution is -2.36. The molecule has 0 saturated carbocycles. The molecule has 0 aliphatic carbocycles. The highest BCUT2D eigenvalue weighted by Gasteiger charge is 2.36. The molecule has 2 heterocycles. The quantitative estimate of drug-likeness (QED) is 0.544. The van der Waals surface area contributed by atoms with Crippen molar-refractivity contribution >= 4 is 46.3 Å². The number of carbonyl (C=O) groups is 3. The van der Waals surface area contributed by atoms with Crippen molar-refractivity contribution in [3.63, 3.8) is 0 Å². The van der Waals surface area contributed by atoms with E-state index in [9.17, 15) is 14.4 Å². The van der Waals surface area contributed by atoms with Crippen molar-refractivity contribution in [2.75, 3.05) is 43.1 Å². The molecule has 9 heteroatoms. The number of rotatable bonds is 8. The van der Waals surface area contributed by atoms with Crippen LogP contribution >= 0.6 is 11.8 Å². The van der Waals surface area contributed by atoms with Gasteiger partial charge in [0.15, 0.2) is 0 Å². The number of carbonyl (C=O) groups excluding carboxylic acids is 3.